The standard InChI is InChI=1S/C20H13ClN4O7/c21-13-6-5-11(25(29)30)7-14(13)23-16(26)9-31-17(27)8-24-10-22-18-12-3-1-2-4-15(12)32-19(18)20(24)28/h1-7,10H,8-9H2,(H,23,26). The van der Waals surface area contributed by atoms with Crippen molar-refractivity contribution in [2.45, 2.75) is 6.54 Å². The summed E-state index contributed by atoms with van der Waals surface area (Å²) in [7, 11) is 0. The zero-order valence-corrected chi connectivity index (χ0v) is 16.9. The van der Waals surface area contributed by atoms with Crippen LogP contribution in [0.1, 0.15) is 0 Å². The van der Waals surface area contributed by atoms with Crippen molar-refractivity contribution in [2.24, 2.45) is 0 Å². The molecule has 4 aromatic rings. The minimum absolute atomic E-state index is 0.000410. The molecule has 11 nitrogen and oxygen atoms in total. The van der Waals surface area contributed by atoms with E-state index in [2.05, 4.69) is 10.3 Å². The van der Waals surface area contributed by atoms with Crippen LogP contribution in [-0.4, -0.2) is 33.0 Å². The summed E-state index contributed by atoms with van der Waals surface area (Å²) in [6, 6.07) is 10.5. The van der Waals surface area contributed by atoms with Crippen LogP contribution in [0.3, 0.4) is 0 Å². The summed E-state index contributed by atoms with van der Waals surface area (Å²) in [5.74, 6) is -1.64. The van der Waals surface area contributed by atoms with Crippen molar-refractivity contribution < 1.29 is 23.7 Å². The Hall–Kier alpha value is -4.25. The number of furan rings is 1. The minimum Gasteiger partial charge on any atom is -0.454 e. The number of fused-ring (bicyclic) bond motifs is 3. The van der Waals surface area contributed by atoms with E-state index in [4.69, 9.17) is 20.8 Å². The molecule has 0 aliphatic rings. The lowest BCUT2D eigenvalue weighted by Gasteiger charge is -2.08. The largest absolute Gasteiger partial charge is 0.454 e. The van der Waals surface area contributed by atoms with Crippen LogP contribution in [0.15, 0.2) is 58.0 Å². The van der Waals surface area contributed by atoms with Crippen molar-refractivity contribution in [2.75, 3.05) is 11.9 Å². The highest BCUT2D eigenvalue weighted by Gasteiger charge is 2.17. The maximum Gasteiger partial charge on any atom is 0.326 e. The second kappa shape index (κ2) is 8.47. The molecule has 0 saturated carbocycles. The van der Waals surface area contributed by atoms with Gasteiger partial charge in [0.2, 0.25) is 5.58 Å². The van der Waals surface area contributed by atoms with E-state index in [-0.39, 0.29) is 22.0 Å². The number of carbonyl (C=O) groups excluding carboxylic acids is 2. The van der Waals surface area contributed by atoms with Gasteiger partial charge in [-0.3, -0.25) is 29.1 Å². The molecule has 162 valence electrons. The number of nitrogens with zero attached hydrogens (tertiary/aromatic N) is 3. The molecule has 0 saturated heterocycles. The van der Waals surface area contributed by atoms with Gasteiger partial charge in [-0.2, -0.15) is 0 Å². The Morgan fingerprint density at radius 3 is 2.81 bits per heavy atom. The monoisotopic (exact) mass is 456 g/mol. The Labute approximate surface area is 183 Å². The quantitative estimate of drug-likeness (QED) is 0.264. The SMILES string of the molecule is O=C(COC(=O)Cn1cnc2c(oc3ccccc32)c1=O)Nc1cc([N+](=O)[O-])ccc1Cl. The summed E-state index contributed by atoms with van der Waals surface area (Å²) in [6.45, 7) is -1.18. The summed E-state index contributed by atoms with van der Waals surface area (Å²) < 4.78 is 11.4. The van der Waals surface area contributed by atoms with Crippen LogP contribution in [0.4, 0.5) is 11.4 Å². The van der Waals surface area contributed by atoms with Gasteiger partial charge in [0.05, 0.1) is 22.0 Å². The molecule has 2 aromatic carbocycles. The van der Waals surface area contributed by atoms with E-state index in [1.54, 1.807) is 24.3 Å². The number of nitro benzene ring substituents is 1. The Morgan fingerprint density at radius 2 is 2.03 bits per heavy atom. The summed E-state index contributed by atoms with van der Waals surface area (Å²) in [4.78, 5) is 51.1. The molecule has 32 heavy (non-hydrogen) atoms. The van der Waals surface area contributed by atoms with E-state index in [0.717, 1.165) is 10.6 Å². The summed E-state index contributed by atoms with van der Waals surface area (Å²) in [6.07, 6.45) is 1.19. The second-order valence-corrected chi connectivity index (χ2v) is 6.99. The van der Waals surface area contributed by atoms with Gasteiger partial charge in [0, 0.05) is 17.5 Å². The fourth-order valence-corrected chi connectivity index (χ4v) is 3.13. The molecule has 1 N–H and O–H groups in total. The number of anilines is 1. The highest BCUT2D eigenvalue weighted by molar-refractivity contribution is 6.33. The Kier molecular flexibility index (Phi) is 5.56. The Balaban J connectivity index is 1.41. The number of rotatable bonds is 6. The van der Waals surface area contributed by atoms with Crippen molar-refractivity contribution >= 4 is 56.9 Å². The summed E-state index contributed by atoms with van der Waals surface area (Å²) in [5, 5.41) is 13.9. The molecule has 12 heteroatoms. The van der Waals surface area contributed by atoms with Crippen molar-refractivity contribution in [1.82, 2.24) is 9.55 Å². The molecule has 0 unspecified atom stereocenters. The molecular weight excluding hydrogens is 444 g/mol. The van der Waals surface area contributed by atoms with E-state index in [1.165, 1.54) is 18.5 Å². The van der Waals surface area contributed by atoms with Crippen LogP contribution in [0.5, 0.6) is 0 Å². The van der Waals surface area contributed by atoms with Gasteiger partial charge >= 0.3 is 5.97 Å². The molecule has 4 rings (SSSR count). The van der Waals surface area contributed by atoms with Gasteiger partial charge in [-0.25, -0.2) is 4.98 Å². The number of carbonyl (C=O) groups is 2. The maximum absolute atomic E-state index is 12.6. The number of aromatic nitrogens is 2. The Morgan fingerprint density at radius 1 is 1.25 bits per heavy atom. The van der Waals surface area contributed by atoms with E-state index < -0.39 is 35.5 Å². The molecule has 0 spiro atoms. The van der Waals surface area contributed by atoms with Gasteiger partial charge in [0.25, 0.3) is 17.2 Å². The maximum atomic E-state index is 12.6. The predicted molar refractivity (Wildman–Crippen MR) is 113 cm³/mol. The molecule has 1 amide bonds. The molecule has 0 atom stereocenters. The predicted octanol–water partition coefficient (Wildman–Crippen LogP) is 2.89. The first-order valence-electron chi connectivity index (χ1n) is 9.09. The average Bonchev–Trinajstić information content (AvgIpc) is 3.15. The van der Waals surface area contributed by atoms with Crippen LogP contribution in [0.25, 0.3) is 22.1 Å². The van der Waals surface area contributed by atoms with E-state index in [9.17, 15) is 24.5 Å². The first-order valence-corrected chi connectivity index (χ1v) is 9.47. The number of nitro groups is 1. The molecule has 0 aliphatic carbocycles. The number of hydrogen-bond donors (Lipinski definition) is 1. The first kappa shape index (κ1) is 21.0. The molecule has 0 fully saturated rings. The molecule has 0 aliphatic heterocycles. The highest BCUT2D eigenvalue weighted by atomic mass is 35.5. The van der Waals surface area contributed by atoms with Gasteiger partial charge in [-0.05, 0) is 18.2 Å². The van der Waals surface area contributed by atoms with Gasteiger partial charge in [0.15, 0.2) is 6.61 Å². The topological polar surface area (TPSA) is 147 Å². The molecule has 2 aromatic heterocycles. The number of nitrogens with one attached hydrogen (secondary N) is 1. The number of para-hydroxylation sites is 1. The molecule has 0 bridgehead atoms. The van der Waals surface area contributed by atoms with Gasteiger partial charge in [0.1, 0.15) is 17.6 Å². The second-order valence-electron chi connectivity index (χ2n) is 6.58. The van der Waals surface area contributed by atoms with E-state index in [1.807, 2.05) is 0 Å². The van der Waals surface area contributed by atoms with Crippen molar-refractivity contribution in [3.8, 4) is 0 Å². The highest BCUT2D eigenvalue weighted by Crippen LogP contribution is 2.26. The van der Waals surface area contributed by atoms with Crippen LogP contribution in [0, 0.1) is 10.1 Å². The third-order valence-corrected chi connectivity index (χ3v) is 4.78. The first-order chi connectivity index (χ1) is 15.3. The number of esters is 1. The van der Waals surface area contributed by atoms with Gasteiger partial charge in [-0.1, -0.05) is 23.7 Å². The van der Waals surface area contributed by atoms with Crippen LogP contribution >= 0.6 is 11.6 Å². The molecular formula is C20H13ClN4O7. The van der Waals surface area contributed by atoms with Gasteiger partial charge < -0.3 is 14.5 Å². The zero-order valence-electron chi connectivity index (χ0n) is 16.1. The third-order valence-electron chi connectivity index (χ3n) is 4.45. The smallest absolute Gasteiger partial charge is 0.326 e. The summed E-state index contributed by atoms with van der Waals surface area (Å²) >= 11 is 5.91. The minimum atomic E-state index is -0.871. The van der Waals surface area contributed by atoms with Crippen molar-refractivity contribution in [3.05, 3.63) is 74.3 Å². The molecule has 0 radical (unpaired) electrons. The lowest BCUT2D eigenvalue weighted by molar-refractivity contribution is -0.384. The van der Waals surface area contributed by atoms with E-state index >= 15 is 0 Å². The number of amides is 1. The van der Waals surface area contributed by atoms with Crippen LogP contribution in [0.2, 0.25) is 5.02 Å². The van der Waals surface area contributed by atoms with E-state index in [0.29, 0.717) is 16.5 Å². The van der Waals surface area contributed by atoms with Crippen LogP contribution in [-0.2, 0) is 20.9 Å². The van der Waals surface area contributed by atoms with Gasteiger partial charge in [-0.15, -0.1) is 0 Å². The number of non-ortho nitro benzene ring substituents is 1. The number of benzene rings is 2. The lowest BCUT2D eigenvalue weighted by atomic mass is 10.2. The normalized spacial score (nSPS) is 10.9. The third kappa shape index (κ3) is 4.14. The fraction of sp³-hybridized carbons (Fsp3) is 0.100. The number of ether oxygens (including phenoxy) is 1. The number of halogens is 1. The number of hydrogen-bond acceptors (Lipinski definition) is 8. The lowest BCUT2D eigenvalue weighted by Crippen LogP contribution is -2.27. The Bertz CT molecular complexity index is 1440. The average molecular weight is 457 g/mol. The zero-order chi connectivity index (χ0) is 22.8. The summed E-state index contributed by atoms with van der Waals surface area (Å²) in [5.41, 5.74) is 0.0232. The van der Waals surface area contributed by atoms with Crippen molar-refractivity contribution in [3.63, 3.8) is 0 Å². The van der Waals surface area contributed by atoms with Crippen LogP contribution < -0.4 is 10.9 Å². The van der Waals surface area contributed by atoms with Crippen molar-refractivity contribution in [1.29, 1.82) is 0 Å². The fourth-order valence-electron chi connectivity index (χ4n) is 2.97. The molecule has 2 heterocycles.